The molecule has 6 rings (SSSR count). The number of benzene rings is 3. The van der Waals surface area contributed by atoms with Gasteiger partial charge >= 0.3 is 0 Å². The van der Waals surface area contributed by atoms with E-state index >= 15 is 0 Å². The van der Waals surface area contributed by atoms with Gasteiger partial charge in [0.15, 0.2) is 0 Å². The number of nitrogens with zero attached hydrogens (tertiary/aromatic N) is 1. The van der Waals surface area contributed by atoms with Crippen molar-refractivity contribution in [3.05, 3.63) is 88.6 Å². The van der Waals surface area contributed by atoms with Gasteiger partial charge in [-0.15, -0.1) is 22.7 Å². The number of rotatable bonds is 4. The van der Waals surface area contributed by atoms with Crippen molar-refractivity contribution < 1.29 is 0 Å². The first-order valence-electron chi connectivity index (χ1n) is 12.7. The van der Waals surface area contributed by atoms with Gasteiger partial charge in [-0.25, -0.2) is 4.98 Å². The fraction of sp³-hybridized carbons (Fsp3) is 0.242. The van der Waals surface area contributed by atoms with Crippen LogP contribution in [0.2, 0.25) is 0 Å². The summed E-state index contributed by atoms with van der Waals surface area (Å²) in [6.07, 6.45) is 1.11. The zero-order chi connectivity index (χ0) is 25.0. The van der Waals surface area contributed by atoms with Crippen LogP contribution >= 0.6 is 22.7 Å². The van der Waals surface area contributed by atoms with E-state index < -0.39 is 0 Å². The molecule has 0 unspecified atom stereocenters. The van der Waals surface area contributed by atoms with Gasteiger partial charge in [0.2, 0.25) is 0 Å². The molecule has 6 aromatic rings. The van der Waals surface area contributed by atoms with Crippen LogP contribution in [0.1, 0.15) is 45.7 Å². The van der Waals surface area contributed by atoms with Crippen LogP contribution in [-0.4, -0.2) is 4.98 Å². The van der Waals surface area contributed by atoms with Crippen LogP contribution in [0.15, 0.2) is 77.5 Å². The fourth-order valence-electron chi connectivity index (χ4n) is 5.34. The minimum absolute atomic E-state index is 0.0417. The molecule has 0 saturated carbocycles. The van der Waals surface area contributed by atoms with E-state index in [-0.39, 0.29) is 5.41 Å². The molecule has 0 aliphatic rings. The van der Waals surface area contributed by atoms with Gasteiger partial charge in [0.1, 0.15) is 0 Å². The molecular formula is C33H31NS2. The highest BCUT2D eigenvalue weighted by Crippen LogP contribution is 2.42. The maximum Gasteiger partial charge on any atom is 0.0823 e. The predicted octanol–water partition coefficient (Wildman–Crippen LogP) is 10.5. The lowest BCUT2D eigenvalue weighted by molar-refractivity contribution is 0.596. The molecule has 0 radical (unpaired) electrons. The van der Waals surface area contributed by atoms with E-state index in [1.165, 1.54) is 53.4 Å². The first-order valence-corrected chi connectivity index (χ1v) is 14.5. The van der Waals surface area contributed by atoms with Crippen LogP contribution in [-0.2, 0) is 11.8 Å². The van der Waals surface area contributed by atoms with E-state index in [4.69, 9.17) is 4.98 Å². The molecule has 0 aliphatic heterocycles. The normalized spacial score (nSPS) is 12.4. The Morgan fingerprint density at radius 1 is 0.778 bits per heavy atom. The van der Waals surface area contributed by atoms with Crippen molar-refractivity contribution in [2.75, 3.05) is 0 Å². The summed E-state index contributed by atoms with van der Waals surface area (Å²) in [5.41, 5.74) is 8.77. The first kappa shape index (κ1) is 23.4. The van der Waals surface area contributed by atoms with Crippen molar-refractivity contribution >= 4 is 53.7 Å². The first-order chi connectivity index (χ1) is 17.3. The van der Waals surface area contributed by atoms with E-state index in [1.807, 2.05) is 11.3 Å². The summed E-state index contributed by atoms with van der Waals surface area (Å²) >= 11 is 3.66. The summed E-state index contributed by atoms with van der Waals surface area (Å²) in [5.74, 6) is 0.641. The highest BCUT2D eigenvalue weighted by atomic mass is 32.1. The maximum atomic E-state index is 5.16. The third kappa shape index (κ3) is 4.05. The number of hydrogen-bond donors (Lipinski definition) is 0. The third-order valence-corrected chi connectivity index (χ3v) is 8.92. The predicted molar refractivity (Wildman–Crippen MR) is 161 cm³/mol. The van der Waals surface area contributed by atoms with Gasteiger partial charge in [-0.2, -0.15) is 0 Å². The van der Waals surface area contributed by atoms with Crippen molar-refractivity contribution in [1.29, 1.82) is 0 Å². The fourth-order valence-corrected chi connectivity index (χ4v) is 7.15. The summed E-state index contributed by atoms with van der Waals surface area (Å²) in [4.78, 5) is 5.16. The molecule has 3 heteroatoms. The topological polar surface area (TPSA) is 12.9 Å². The van der Waals surface area contributed by atoms with Crippen molar-refractivity contribution in [1.82, 2.24) is 4.98 Å². The molecule has 0 fully saturated rings. The summed E-state index contributed by atoms with van der Waals surface area (Å²) in [6.45, 7) is 11.5. The Balaban J connectivity index is 1.60. The lowest BCUT2D eigenvalue weighted by atomic mass is 9.82. The van der Waals surface area contributed by atoms with E-state index in [0.717, 1.165) is 17.6 Å². The molecule has 3 aromatic carbocycles. The quantitative estimate of drug-likeness (QED) is 0.232. The molecular weight excluding hydrogens is 475 g/mol. The largest absolute Gasteiger partial charge is 0.247 e. The van der Waals surface area contributed by atoms with Gasteiger partial charge in [-0.1, -0.05) is 71.0 Å². The summed E-state index contributed by atoms with van der Waals surface area (Å²) in [5, 5.41) is 8.37. The number of fused-ring (bicyclic) bond motifs is 3. The minimum Gasteiger partial charge on any atom is -0.247 e. The molecule has 0 N–H and O–H groups in total. The van der Waals surface area contributed by atoms with Crippen molar-refractivity contribution in [2.45, 2.75) is 46.5 Å². The standard InChI is InChI=1S/C33H31NS2/c1-20(2)16-22-10-11-25(26-12-14-35-31(22)26)27-19-30(34-29-13-15-36-32(27)29)23-17-21-8-6-7-9-24(21)28(18-23)33(3,4)5/h6-15,17-20H,16H2,1-5H3. The Bertz CT molecular complexity index is 1730. The van der Waals surface area contributed by atoms with Crippen LogP contribution < -0.4 is 0 Å². The average Bonchev–Trinajstić information content (AvgIpc) is 3.52. The van der Waals surface area contributed by atoms with E-state index in [2.05, 4.69) is 112 Å². The number of aromatic nitrogens is 1. The molecule has 3 aromatic heterocycles. The second-order valence-corrected chi connectivity index (χ2v) is 13.1. The zero-order valence-electron chi connectivity index (χ0n) is 21.6. The van der Waals surface area contributed by atoms with Gasteiger partial charge in [0, 0.05) is 21.2 Å². The number of hydrogen-bond acceptors (Lipinski definition) is 3. The van der Waals surface area contributed by atoms with Crippen LogP contribution in [0.4, 0.5) is 0 Å². The second-order valence-electron chi connectivity index (χ2n) is 11.2. The Hall–Kier alpha value is -3.01. The van der Waals surface area contributed by atoms with Gasteiger partial charge < -0.3 is 0 Å². The third-order valence-electron chi connectivity index (χ3n) is 6.99. The average molecular weight is 506 g/mol. The van der Waals surface area contributed by atoms with E-state index in [1.54, 1.807) is 11.3 Å². The van der Waals surface area contributed by atoms with Crippen LogP contribution in [0, 0.1) is 5.92 Å². The Morgan fingerprint density at radius 2 is 1.56 bits per heavy atom. The summed E-state index contributed by atoms with van der Waals surface area (Å²) in [7, 11) is 0. The molecule has 0 spiro atoms. The maximum absolute atomic E-state index is 5.16. The smallest absolute Gasteiger partial charge is 0.0823 e. The Labute approximate surface area is 221 Å². The van der Waals surface area contributed by atoms with Crippen LogP contribution in [0.3, 0.4) is 0 Å². The van der Waals surface area contributed by atoms with E-state index in [0.29, 0.717) is 5.92 Å². The summed E-state index contributed by atoms with van der Waals surface area (Å²) < 4.78 is 2.68. The van der Waals surface area contributed by atoms with Gasteiger partial charge in [-0.3, -0.25) is 0 Å². The molecule has 0 aliphatic carbocycles. The zero-order valence-corrected chi connectivity index (χ0v) is 23.2. The van der Waals surface area contributed by atoms with Crippen LogP contribution in [0.5, 0.6) is 0 Å². The molecule has 0 atom stereocenters. The van der Waals surface area contributed by atoms with Crippen molar-refractivity contribution in [3.8, 4) is 22.4 Å². The van der Waals surface area contributed by atoms with Gasteiger partial charge in [0.05, 0.1) is 15.9 Å². The molecule has 3 heterocycles. The summed E-state index contributed by atoms with van der Waals surface area (Å²) in [6, 6.07) is 24.9. The lowest BCUT2D eigenvalue weighted by Gasteiger charge is -2.23. The van der Waals surface area contributed by atoms with E-state index in [9.17, 15) is 0 Å². The minimum atomic E-state index is 0.0417. The van der Waals surface area contributed by atoms with Crippen molar-refractivity contribution in [2.24, 2.45) is 5.92 Å². The Kier molecular flexibility index (Phi) is 5.74. The molecule has 0 amide bonds. The number of thiophene rings is 2. The highest BCUT2D eigenvalue weighted by Gasteiger charge is 2.20. The molecule has 0 bridgehead atoms. The second kappa shape index (κ2) is 8.83. The lowest BCUT2D eigenvalue weighted by Crippen LogP contribution is -2.12. The van der Waals surface area contributed by atoms with Gasteiger partial charge in [0.25, 0.3) is 0 Å². The number of pyridine rings is 1. The SMILES string of the molecule is CC(C)Cc1ccc(-c2cc(-c3cc(C(C)(C)C)c4ccccc4c3)nc3ccsc23)c2ccsc12. The monoisotopic (exact) mass is 505 g/mol. The molecule has 1 nitrogen and oxygen atoms in total. The molecule has 180 valence electrons. The van der Waals surface area contributed by atoms with Crippen molar-refractivity contribution in [3.63, 3.8) is 0 Å². The van der Waals surface area contributed by atoms with Gasteiger partial charge in [-0.05, 0) is 86.3 Å². The molecule has 36 heavy (non-hydrogen) atoms. The Morgan fingerprint density at radius 3 is 2.36 bits per heavy atom. The molecule has 0 saturated heterocycles. The highest BCUT2D eigenvalue weighted by molar-refractivity contribution is 7.18. The van der Waals surface area contributed by atoms with Crippen LogP contribution in [0.25, 0.3) is 53.5 Å².